The highest BCUT2D eigenvalue weighted by atomic mass is 19.3. The van der Waals surface area contributed by atoms with E-state index in [1.165, 1.54) is 0 Å². The molecule has 0 heterocycles. The van der Waals surface area contributed by atoms with Gasteiger partial charge < -0.3 is 10.2 Å². The van der Waals surface area contributed by atoms with E-state index in [0.29, 0.717) is 0 Å². The lowest BCUT2D eigenvalue weighted by Crippen LogP contribution is -2.30. The maximum absolute atomic E-state index is 12.5. The summed E-state index contributed by atoms with van der Waals surface area (Å²) in [5.41, 5.74) is 0. The lowest BCUT2D eigenvalue weighted by molar-refractivity contribution is -0.123. The second-order valence-electron chi connectivity index (χ2n) is 3.11. The Morgan fingerprint density at radius 3 is 2.00 bits per heavy atom. The summed E-state index contributed by atoms with van der Waals surface area (Å²) in [7, 11) is 0. The molecule has 0 atom stereocenters. The Kier molecular flexibility index (Phi) is 2.44. The fourth-order valence-electron chi connectivity index (χ4n) is 1.36. The minimum Gasteiger partial charge on any atom is -0.368 e. The monoisotopic (exact) mass is 166 g/mol. The molecule has 11 heavy (non-hydrogen) atoms. The molecule has 0 amide bonds. The van der Waals surface area contributed by atoms with Crippen LogP contribution in [0.3, 0.4) is 0 Å². The summed E-state index contributed by atoms with van der Waals surface area (Å²) in [5.74, 6) is -2.93. The first-order valence-corrected chi connectivity index (χ1v) is 3.75. The number of alkyl halides is 2. The van der Waals surface area contributed by atoms with Gasteiger partial charge in [-0.2, -0.15) is 0 Å². The fourth-order valence-corrected chi connectivity index (χ4v) is 1.36. The maximum atomic E-state index is 12.5. The van der Waals surface area contributed by atoms with E-state index >= 15 is 0 Å². The van der Waals surface area contributed by atoms with Crippen LogP contribution in [0, 0.1) is 5.92 Å². The summed E-state index contributed by atoms with van der Waals surface area (Å²) in [5, 5.41) is 17.3. The molecule has 1 rings (SSSR count). The van der Waals surface area contributed by atoms with Crippen molar-refractivity contribution >= 4 is 0 Å². The van der Waals surface area contributed by atoms with Crippen LogP contribution in [0.2, 0.25) is 0 Å². The van der Waals surface area contributed by atoms with Gasteiger partial charge in [-0.25, -0.2) is 8.78 Å². The molecular formula is C7H12F2O2. The van der Waals surface area contributed by atoms with Crippen molar-refractivity contribution in [2.75, 3.05) is 0 Å². The van der Waals surface area contributed by atoms with Gasteiger partial charge in [0.15, 0.2) is 6.29 Å². The first-order chi connectivity index (χ1) is 5.01. The summed E-state index contributed by atoms with van der Waals surface area (Å²) in [6, 6.07) is 0. The van der Waals surface area contributed by atoms with Crippen LogP contribution >= 0.6 is 0 Å². The molecule has 0 aromatic rings. The van der Waals surface area contributed by atoms with E-state index in [0.717, 1.165) is 0 Å². The Morgan fingerprint density at radius 2 is 1.64 bits per heavy atom. The van der Waals surface area contributed by atoms with E-state index in [-0.39, 0.29) is 31.6 Å². The van der Waals surface area contributed by atoms with E-state index in [1.54, 1.807) is 0 Å². The molecule has 66 valence electrons. The molecule has 0 saturated heterocycles. The topological polar surface area (TPSA) is 40.5 Å². The quantitative estimate of drug-likeness (QED) is 0.573. The smallest absolute Gasteiger partial charge is 0.248 e. The predicted octanol–water partition coefficient (Wildman–Crippen LogP) is 1.12. The van der Waals surface area contributed by atoms with Crippen LogP contribution in [-0.2, 0) is 0 Å². The fraction of sp³-hybridized carbons (Fsp3) is 1.00. The van der Waals surface area contributed by atoms with Gasteiger partial charge in [-0.1, -0.05) is 0 Å². The Bertz CT molecular complexity index is 126. The van der Waals surface area contributed by atoms with E-state index in [1.807, 2.05) is 0 Å². The van der Waals surface area contributed by atoms with Gasteiger partial charge in [0, 0.05) is 18.8 Å². The molecule has 0 aromatic heterocycles. The highest BCUT2D eigenvalue weighted by molar-refractivity contribution is 4.78. The molecule has 1 saturated carbocycles. The van der Waals surface area contributed by atoms with Gasteiger partial charge in [0.2, 0.25) is 5.92 Å². The Balaban J connectivity index is 2.36. The van der Waals surface area contributed by atoms with E-state index in [9.17, 15) is 8.78 Å². The van der Waals surface area contributed by atoms with E-state index in [4.69, 9.17) is 10.2 Å². The standard InChI is InChI=1S/C7H12F2O2/c8-7(9)3-1-5(2-4-7)6(10)11/h5-6,10-11H,1-4H2. The molecule has 2 nitrogen and oxygen atoms in total. The molecule has 4 heteroatoms. The molecule has 1 fully saturated rings. The van der Waals surface area contributed by atoms with Gasteiger partial charge in [0.05, 0.1) is 0 Å². The van der Waals surface area contributed by atoms with E-state index < -0.39 is 12.2 Å². The molecule has 0 aliphatic heterocycles. The molecular weight excluding hydrogens is 154 g/mol. The zero-order valence-corrected chi connectivity index (χ0v) is 6.13. The van der Waals surface area contributed by atoms with Crippen molar-refractivity contribution in [1.82, 2.24) is 0 Å². The SMILES string of the molecule is OC(O)C1CCC(F)(F)CC1. The number of aliphatic hydroxyl groups is 2. The van der Waals surface area contributed by atoms with Gasteiger partial charge in [-0.15, -0.1) is 0 Å². The second kappa shape index (κ2) is 3.03. The summed E-state index contributed by atoms with van der Waals surface area (Å²) >= 11 is 0. The average molecular weight is 166 g/mol. The largest absolute Gasteiger partial charge is 0.368 e. The Hall–Kier alpha value is -0.220. The zero-order valence-electron chi connectivity index (χ0n) is 6.13. The van der Waals surface area contributed by atoms with Crippen molar-refractivity contribution in [3.05, 3.63) is 0 Å². The van der Waals surface area contributed by atoms with Crippen LogP contribution in [0.5, 0.6) is 0 Å². The van der Waals surface area contributed by atoms with Gasteiger partial charge in [-0.3, -0.25) is 0 Å². The molecule has 0 radical (unpaired) electrons. The Labute approximate surface area is 63.8 Å². The van der Waals surface area contributed by atoms with Gasteiger partial charge >= 0.3 is 0 Å². The van der Waals surface area contributed by atoms with Crippen molar-refractivity contribution in [3.8, 4) is 0 Å². The lowest BCUT2D eigenvalue weighted by atomic mass is 9.86. The number of aliphatic hydroxyl groups excluding tert-OH is 1. The molecule has 0 bridgehead atoms. The molecule has 0 aromatic carbocycles. The molecule has 0 unspecified atom stereocenters. The average Bonchev–Trinajstić information content (AvgIpc) is 1.86. The van der Waals surface area contributed by atoms with Gasteiger partial charge in [-0.05, 0) is 12.8 Å². The van der Waals surface area contributed by atoms with Crippen LogP contribution in [0.4, 0.5) is 8.78 Å². The summed E-state index contributed by atoms with van der Waals surface area (Å²) in [6.45, 7) is 0. The maximum Gasteiger partial charge on any atom is 0.248 e. The lowest BCUT2D eigenvalue weighted by Gasteiger charge is -2.28. The number of halogens is 2. The van der Waals surface area contributed by atoms with Gasteiger partial charge in [0.1, 0.15) is 0 Å². The van der Waals surface area contributed by atoms with Crippen LogP contribution in [-0.4, -0.2) is 22.4 Å². The van der Waals surface area contributed by atoms with Crippen LogP contribution < -0.4 is 0 Å². The number of hydrogen-bond donors (Lipinski definition) is 2. The second-order valence-corrected chi connectivity index (χ2v) is 3.11. The molecule has 1 aliphatic carbocycles. The summed E-state index contributed by atoms with van der Waals surface area (Å²) < 4.78 is 25.0. The van der Waals surface area contributed by atoms with E-state index in [2.05, 4.69) is 0 Å². The van der Waals surface area contributed by atoms with Crippen molar-refractivity contribution in [3.63, 3.8) is 0 Å². The Morgan fingerprint density at radius 1 is 1.18 bits per heavy atom. The third kappa shape index (κ3) is 2.38. The van der Waals surface area contributed by atoms with Crippen molar-refractivity contribution in [2.45, 2.75) is 37.9 Å². The summed E-state index contributed by atoms with van der Waals surface area (Å²) in [6.07, 6.45) is -1.42. The number of rotatable bonds is 1. The molecule has 1 aliphatic rings. The van der Waals surface area contributed by atoms with Gasteiger partial charge in [0.25, 0.3) is 0 Å². The van der Waals surface area contributed by atoms with Crippen molar-refractivity contribution < 1.29 is 19.0 Å². The minimum atomic E-state index is -2.58. The molecule has 2 N–H and O–H groups in total. The highest BCUT2D eigenvalue weighted by Gasteiger charge is 2.36. The van der Waals surface area contributed by atoms with Crippen LogP contribution in [0.15, 0.2) is 0 Å². The van der Waals surface area contributed by atoms with Crippen molar-refractivity contribution in [2.24, 2.45) is 5.92 Å². The zero-order chi connectivity index (χ0) is 8.48. The first-order valence-electron chi connectivity index (χ1n) is 3.75. The number of hydrogen-bond acceptors (Lipinski definition) is 2. The van der Waals surface area contributed by atoms with Crippen molar-refractivity contribution in [1.29, 1.82) is 0 Å². The normalized spacial score (nSPS) is 25.9. The third-order valence-electron chi connectivity index (χ3n) is 2.18. The molecule has 0 spiro atoms. The predicted molar refractivity (Wildman–Crippen MR) is 35.1 cm³/mol. The first kappa shape index (κ1) is 8.87. The van der Waals surface area contributed by atoms with Crippen LogP contribution in [0.1, 0.15) is 25.7 Å². The minimum absolute atomic E-state index is 0.213. The summed E-state index contributed by atoms with van der Waals surface area (Å²) in [4.78, 5) is 0. The van der Waals surface area contributed by atoms with Crippen LogP contribution in [0.25, 0.3) is 0 Å². The highest BCUT2D eigenvalue weighted by Crippen LogP contribution is 2.36. The third-order valence-corrected chi connectivity index (χ3v) is 2.18.